The van der Waals surface area contributed by atoms with Crippen molar-refractivity contribution in [1.82, 2.24) is 14.5 Å². The molecule has 5 nitrogen and oxygen atoms in total. The van der Waals surface area contributed by atoms with Crippen LogP contribution in [0, 0.1) is 0 Å². The van der Waals surface area contributed by atoms with Gasteiger partial charge in [0.05, 0.1) is 22.4 Å². The van der Waals surface area contributed by atoms with Crippen LogP contribution in [0.3, 0.4) is 0 Å². The zero-order chi connectivity index (χ0) is 30.5. The van der Waals surface area contributed by atoms with Crippen molar-refractivity contribution in [2.45, 2.75) is 38.5 Å². The summed E-state index contributed by atoms with van der Waals surface area (Å²) in [7, 11) is 0. The molecule has 5 heteroatoms. The predicted molar refractivity (Wildman–Crippen MR) is 182 cm³/mol. The standard InChI is InChI=1S/C40H32N4O/c1-39(2)29-12-5-6-15-33(29)43(36-16-7-8-21-41-36)35-24-26(18-20-30(35)39)45-25-17-19-27-28-11-9-13-31-37(28)44(34(27)23-25)38-32(40(31,3)4)14-10-22-42-38/h5-24H,1-4H3. The number of pyridine rings is 2. The van der Waals surface area contributed by atoms with Gasteiger partial charge in [-0.1, -0.05) is 82.3 Å². The van der Waals surface area contributed by atoms with Crippen molar-refractivity contribution in [3.8, 4) is 17.3 Å². The summed E-state index contributed by atoms with van der Waals surface area (Å²) in [5.41, 5.74) is 9.22. The molecular weight excluding hydrogens is 552 g/mol. The fraction of sp³-hybridized carbons (Fsp3) is 0.150. The van der Waals surface area contributed by atoms with E-state index in [2.05, 4.69) is 128 Å². The highest BCUT2D eigenvalue weighted by atomic mass is 16.5. The van der Waals surface area contributed by atoms with Gasteiger partial charge in [0.1, 0.15) is 23.1 Å². The number of rotatable bonds is 3. The first-order chi connectivity index (χ1) is 21.8. The Morgan fingerprint density at radius 2 is 1.27 bits per heavy atom. The van der Waals surface area contributed by atoms with Crippen molar-refractivity contribution in [2.24, 2.45) is 0 Å². The third-order valence-electron chi connectivity index (χ3n) is 9.92. The van der Waals surface area contributed by atoms with Crippen LogP contribution < -0.4 is 9.64 Å². The van der Waals surface area contributed by atoms with E-state index in [4.69, 9.17) is 14.7 Å². The van der Waals surface area contributed by atoms with Gasteiger partial charge >= 0.3 is 0 Å². The maximum Gasteiger partial charge on any atom is 0.141 e. The summed E-state index contributed by atoms with van der Waals surface area (Å²) in [5.74, 6) is 3.42. The highest BCUT2D eigenvalue weighted by Gasteiger charge is 2.38. The number of hydrogen-bond donors (Lipinski definition) is 0. The minimum absolute atomic E-state index is 0.151. The van der Waals surface area contributed by atoms with Gasteiger partial charge in [-0.3, -0.25) is 9.47 Å². The molecule has 2 aliphatic heterocycles. The molecule has 0 bridgehead atoms. The molecule has 218 valence electrons. The van der Waals surface area contributed by atoms with Gasteiger partial charge < -0.3 is 4.74 Å². The average Bonchev–Trinajstić information content (AvgIpc) is 3.38. The average molecular weight is 585 g/mol. The molecule has 0 fully saturated rings. The highest BCUT2D eigenvalue weighted by molar-refractivity contribution is 6.11. The molecular formula is C40H32N4O. The van der Waals surface area contributed by atoms with Gasteiger partial charge in [0.25, 0.3) is 0 Å². The Kier molecular flexibility index (Phi) is 5.23. The molecule has 0 radical (unpaired) electrons. The number of anilines is 3. The third-order valence-corrected chi connectivity index (χ3v) is 9.92. The van der Waals surface area contributed by atoms with E-state index in [1.807, 2.05) is 30.6 Å². The van der Waals surface area contributed by atoms with E-state index < -0.39 is 0 Å². The van der Waals surface area contributed by atoms with Crippen molar-refractivity contribution >= 4 is 39.0 Å². The molecule has 2 aliphatic rings. The van der Waals surface area contributed by atoms with Crippen molar-refractivity contribution in [1.29, 1.82) is 0 Å². The molecule has 0 aliphatic carbocycles. The lowest BCUT2D eigenvalue weighted by Crippen LogP contribution is -2.30. The minimum atomic E-state index is -0.185. The number of aromatic nitrogens is 3. The van der Waals surface area contributed by atoms with Crippen LogP contribution in [0.4, 0.5) is 17.2 Å². The van der Waals surface area contributed by atoms with E-state index in [0.29, 0.717) is 0 Å². The lowest BCUT2D eigenvalue weighted by molar-refractivity contribution is 0.482. The Hall–Kier alpha value is -5.42. The Bertz CT molecular complexity index is 2320. The quantitative estimate of drug-likeness (QED) is 0.207. The predicted octanol–water partition coefficient (Wildman–Crippen LogP) is 10.1. The van der Waals surface area contributed by atoms with Gasteiger partial charge in [0, 0.05) is 51.7 Å². The first-order valence-electron chi connectivity index (χ1n) is 15.5. The van der Waals surface area contributed by atoms with Gasteiger partial charge in [-0.05, 0) is 59.2 Å². The van der Waals surface area contributed by atoms with Crippen LogP contribution in [-0.2, 0) is 10.8 Å². The van der Waals surface area contributed by atoms with Crippen molar-refractivity contribution < 1.29 is 4.74 Å². The van der Waals surface area contributed by atoms with E-state index in [9.17, 15) is 0 Å². The van der Waals surface area contributed by atoms with Gasteiger partial charge in [-0.2, -0.15) is 0 Å². The SMILES string of the molecule is CC1(C)c2ccccc2N(c2ccccn2)c2cc(Oc3ccc4c5cccc6c5n(c4c3)-c3ncccc3C6(C)C)ccc21. The van der Waals surface area contributed by atoms with Crippen LogP contribution in [0.15, 0.2) is 122 Å². The first-order valence-corrected chi connectivity index (χ1v) is 15.5. The largest absolute Gasteiger partial charge is 0.457 e. The minimum Gasteiger partial charge on any atom is -0.457 e. The van der Waals surface area contributed by atoms with Crippen molar-refractivity contribution in [2.75, 3.05) is 4.90 Å². The zero-order valence-electron chi connectivity index (χ0n) is 25.7. The molecule has 3 aromatic heterocycles. The van der Waals surface area contributed by atoms with Crippen LogP contribution >= 0.6 is 0 Å². The van der Waals surface area contributed by atoms with Gasteiger partial charge in [-0.25, -0.2) is 9.97 Å². The van der Waals surface area contributed by atoms with Crippen molar-refractivity contribution in [3.63, 3.8) is 0 Å². The number of benzene rings is 4. The number of ether oxygens (including phenoxy) is 1. The Morgan fingerprint density at radius 3 is 2.13 bits per heavy atom. The van der Waals surface area contributed by atoms with Gasteiger partial charge in [0.2, 0.25) is 0 Å². The molecule has 4 aromatic carbocycles. The van der Waals surface area contributed by atoms with Crippen LogP contribution in [0.2, 0.25) is 0 Å². The summed E-state index contributed by atoms with van der Waals surface area (Å²) in [6, 6.07) is 38.4. The Labute approximate surface area is 262 Å². The molecule has 0 atom stereocenters. The topological polar surface area (TPSA) is 43.2 Å². The number of nitrogens with zero attached hydrogens (tertiary/aromatic N) is 4. The zero-order valence-corrected chi connectivity index (χ0v) is 25.7. The van der Waals surface area contributed by atoms with E-state index in [-0.39, 0.29) is 10.8 Å². The fourth-order valence-electron chi connectivity index (χ4n) is 7.67. The summed E-state index contributed by atoms with van der Waals surface area (Å²) in [6.07, 6.45) is 3.74. The second-order valence-electron chi connectivity index (χ2n) is 13.2. The number of hydrogen-bond acceptors (Lipinski definition) is 4. The van der Waals surface area contributed by atoms with Crippen LogP contribution in [0.1, 0.15) is 49.9 Å². The molecule has 5 heterocycles. The summed E-state index contributed by atoms with van der Waals surface area (Å²) >= 11 is 0. The molecule has 0 N–H and O–H groups in total. The van der Waals surface area contributed by atoms with E-state index >= 15 is 0 Å². The molecule has 0 amide bonds. The summed E-state index contributed by atoms with van der Waals surface area (Å²) < 4.78 is 9.01. The van der Waals surface area contributed by atoms with Gasteiger partial charge in [-0.15, -0.1) is 0 Å². The maximum absolute atomic E-state index is 6.68. The molecule has 9 rings (SSSR count). The molecule has 7 aromatic rings. The monoisotopic (exact) mass is 584 g/mol. The third kappa shape index (κ3) is 3.55. The second-order valence-corrected chi connectivity index (χ2v) is 13.2. The smallest absolute Gasteiger partial charge is 0.141 e. The number of fused-ring (bicyclic) bond motifs is 7. The Morgan fingerprint density at radius 1 is 0.556 bits per heavy atom. The summed E-state index contributed by atoms with van der Waals surface area (Å²) in [5, 5.41) is 2.43. The van der Waals surface area contributed by atoms with E-state index in [1.54, 1.807) is 0 Å². The summed E-state index contributed by atoms with van der Waals surface area (Å²) in [4.78, 5) is 11.9. The maximum atomic E-state index is 6.68. The van der Waals surface area contributed by atoms with Crippen molar-refractivity contribution in [3.05, 3.63) is 144 Å². The van der Waals surface area contributed by atoms with Crippen LogP contribution in [0.5, 0.6) is 11.5 Å². The lowest BCUT2D eigenvalue weighted by Gasteiger charge is -2.41. The van der Waals surface area contributed by atoms with E-state index in [1.165, 1.54) is 38.5 Å². The normalized spacial score (nSPS) is 15.4. The fourth-order valence-corrected chi connectivity index (χ4v) is 7.67. The molecule has 0 saturated heterocycles. The van der Waals surface area contributed by atoms with Gasteiger partial charge in [0.15, 0.2) is 0 Å². The molecule has 0 saturated carbocycles. The molecule has 45 heavy (non-hydrogen) atoms. The van der Waals surface area contributed by atoms with E-state index in [0.717, 1.165) is 40.0 Å². The van der Waals surface area contributed by atoms with Crippen LogP contribution in [0.25, 0.3) is 27.6 Å². The summed E-state index contributed by atoms with van der Waals surface area (Å²) in [6.45, 7) is 9.17. The Balaban J connectivity index is 1.20. The second kappa shape index (κ2) is 9.05. The molecule has 0 spiro atoms. The first kappa shape index (κ1) is 26.0. The lowest BCUT2D eigenvalue weighted by atomic mass is 9.73. The number of para-hydroxylation sites is 2. The van der Waals surface area contributed by atoms with Crippen LogP contribution in [-0.4, -0.2) is 14.5 Å². The molecule has 0 unspecified atom stereocenters. The highest BCUT2D eigenvalue weighted by Crippen LogP contribution is 2.53.